The van der Waals surface area contributed by atoms with Gasteiger partial charge in [-0.25, -0.2) is 4.98 Å². The van der Waals surface area contributed by atoms with E-state index in [1.807, 2.05) is 25.3 Å². The molecule has 0 bridgehead atoms. The minimum Gasteiger partial charge on any atom is -0.391 e. The fourth-order valence-corrected chi connectivity index (χ4v) is 3.94. The van der Waals surface area contributed by atoms with Crippen LogP contribution in [-0.2, 0) is 16.0 Å². The lowest BCUT2D eigenvalue weighted by Crippen LogP contribution is -2.53. The molecule has 8 heteroatoms. The number of likely N-dealkylation sites (tertiary alicyclic amines) is 1. The van der Waals surface area contributed by atoms with Crippen LogP contribution in [0.1, 0.15) is 32.3 Å². The first-order valence-electron chi connectivity index (χ1n) is 9.81. The van der Waals surface area contributed by atoms with Crippen molar-refractivity contribution in [1.29, 1.82) is 0 Å². The molecule has 0 aliphatic carbocycles. The lowest BCUT2D eigenvalue weighted by Gasteiger charge is -2.28. The Morgan fingerprint density at radius 1 is 1.46 bits per heavy atom. The Morgan fingerprint density at radius 3 is 2.96 bits per heavy atom. The summed E-state index contributed by atoms with van der Waals surface area (Å²) in [4.78, 5) is 34.4. The second-order valence-electron chi connectivity index (χ2n) is 7.43. The Morgan fingerprint density at radius 2 is 2.25 bits per heavy atom. The number of pyridine rings is 1. The summed E-state index contributed by atoms with van der Waals surface area (Å²) in [6.07, 6.45) is 4.88. The number of aliphatic hydroxyl groups excluding tert-OH is 1. The van der Waals surface area contributed by atoms with Crippen molar-refractivity contribution in [3.05, 3.63) is 30.1 Å². The molecule has 2 amide bonds. The first-order chi connectivity index (χ1) is 13.4. The number of nitrogens with one attached hydrogen (secondary N) is 3. The van der Waals surface area contributed by atoms with E-state index in [0.717, 1.165) is 16.6 Å². The van der Waals surface area contributed by atoms with E-state index in [4.69, 9.17) is 0 Å². The van der Waals surface area contributed by atoms with E-state index in [9.17, 15) is 14.7 Å². The summed E-state index contributed by atoms with van der Waals surface area (Å²) in [6, 6.07) is 2.79. The molecule has 28 heavy (non-hydrogen) atoms. The third kappa shape index (κ3) is 4.18. The topological polar surface area (TPSA) is 110 Å². The molecule has 1 aliphatic rings. The molecule has 3 heterocycles. The van der Waals surface area contributed by atoms with Crippen LogP contribution >= 0.6 is 0 Å². The lowest BCUT2D eigenvalue weighted by atomic mass is 10.0. The Kier molecular flexibility index (Phi) is 6.31. The molecule has 1 unspecified atom stereocenters. The number of amides is 2. The second-order valence-corrected chi connectivity index (χ2v) is 7.43. The average molecular weight is 387 g/mol. The van der Waals surface area contributed by atoms with Gasteiger partial charge in [0, 0.05) is 30.4 Å². The first kappa shape index (κ1) is 20.3. The number of carbonyl (C=O) groups is 2. The van der Waals surface area contributed by atoms with Gasteiger partial charge < -0.3 is 25.6 Å². The highest BCUT2D eigenvalue weighted by atomic mass is 16.3. The molecular weight excluding hydrogens is 358 g/mol. The molecule has 0 saturated carbocycles. The molecule has 1 fully saturated rings. The molecule has 4 atom stereocenters. The van der Waals surface area contributed by atoms with Crippen molar-refractivity contribution in [3.63, 3.8) is 0 Å². The van der Waals surface area contributed by atoms with Crippen molar-refractivity contribution in [2.24, 2.45) is 0 Å². The molecule has 4 N–H and O–H groups in total. The van der Waals surface area contributed by atoms with Crippen molar-refractivity contribution in [3.8, 4) is 0 Å². The van der Waals surface area contributed by atoms with E-state index in [0.29, 0.717) is 19.3 Å². The number of β-amino-alcohol motifs (C(OH)–C–C–N with tert-alkyl or cyclic N) is 1. The number of carbonyl (C=O) groups excluding carboxylic acids is 2. The van der Waals surface area contributed by atoms with Crippen LogP contribution < -0.4 is 10.6 Å². The van der Waals surface area contributed by atoms with Gasteiger partial charge >= 0.3 is 0 Å². The zero-order valence-corrected chi connectivity index (χ0v) is 16.6. The monoisotopic (exact) mass is 387 g/mol. The summed E-state index contributed by atoms with van der Waals surface area (Å²) in [5.74, 6) is -0.358. The Balaban J connectivity index is 1.70. The van der Waals surface area contributed by atoms with Gasteiger partial charge in [-0.2, -0.15) is 0 Å². The molecule has 2 aromatic rings. The normalized spacial score (nSPS) is 21.6. The lowest BCUT2D eigenvalue weighted by molar-refractivity contribution is -0.137. The quantitative estimate of drug-likeness (QED) is 0.555. The SMILES string of the molecule is CC[C@H](NC)C(=O)N[C@@H](C)C(=O)N1CC(O)C[C@@H]1Cc1c[nH]c2ncccc12. The minimum absolute atomic E-state index is 0.118. The number of hydrogen-bond donors (Lipinski definition) is 4. The fourth-order valence-electron chi connectivity index (χ4n) is 3.94. The zero-order chi connectivity index (χ0) is 20.3. The molecule has 1 saturated heterocycles. The van der Waals surface area contributed by atoms with Crippen LogP contribution in [0.4, 0.5) is 0 Å². The van der Waals surface area contributed by atoms with Gasteiger partial charge in [0.05, 0.1) is 12.1 Å². The van der Waals surface area contributed by atoms with E-state index in [2.05, 4.69) is 20.6 Å². The number of likely N-dealkylation sites (N-methyl/N-ethyl adjacent to an activating group) is 1. The van der Waals surface area contributed by atoms with Crippen LogP contribution in [0.25, 0.3) is 11.0 Å². The van der Waals surface area contributed by atoms with E-state index in [-0.39, 0.29) is 30.4 Å². The van der Waals surface area contributed by atoms with Crippen molar-refractivity contribution >= 4 is 22.8 Å². The minimum atomic E-state index is -0.646. The number of fused-ring (bicyclic) bond motifs is 1. The van der Waals surface area contributed by atoms with Gasteiger partial charge in [0.25, 0.3) is 0 Å². The molecule has 2 aromatic heterocycles. The van der Waals surface area contributed by atoms with Crippen molar-refractivity contribution in [1.82, 2.24) is 25.5 Å². The molecule has 0 spiro atoms. The van der Waals surface area contributed by atoms with Gasteiger partial charge in [-0.15, -0.1) is 0 Å². The van der Waals surface area contributed by atoms with E-state index < -0.39 is 12.1 Å². The van der Waals surface area contributed by atoms with Crippen LogP contribution in [0.15, 0.2) is 24.5 Å². The standard InChI is InChI=1S/C20H29N5O3/c1-4-17(21-3)19(27)24-12(2)20(28)25-11-15(26)9-14(25)8-13-10-23-18-16(13)6-5-7-22-18/h5-7,10,12,14-15,17,21,26H,4,8-9,11H2,1-3H3,(H,22,23)(H,24,27)/t12-,14-,15?,17-/m0/s1. The van der Waals surface area contributed by atoms with Gasteiger partial charge in [0.1, 0.15) is 11.7 Å². The average Bonchev–Trinajstić information content (AvgIpc) is 3.26. The smallest absolute Gasteiger partial charge is 0.245 e. The summed E-state index contributed by atoms with van der Waals surface area (Å²) in [7, 11) is 1.73. The second kappa shape index (κ2) is 8.70. The molecule has 152 valence electrons. The Labute approximate surface area is 164 Å². The largest absolute Gasteiger partial charge is 0.391 e. The molecular formula is C20H29N5O3. The maximum atomic E-state index is 13.0. The maximum Gasteiger partial charge on any atom is 0.245 e. The van der Waals surface area contributed by atoms with Crippen LogP contribution in [0.5, 0.6) is 0 Å². The third-order valence-corrected chi connectivity index (χ3v) is 5.47. The van der Waals surface area contributed by atoms with Crippen molar-refractivity contribution in [2.75, 3.05) is 13.6 Å². The summed E-state index contributed by atoms with van der Waals surface area (Å²) >= 11 is 0. The van der Waals surface area contributed by atoms with Gasteiger partial charge in [0.15, 0.2) is 0 Å². The number of aromatic amines is 1. The third-order valence-electron chi connectivity index (χ3n) is 5.47. The number of hydrogen-bond acceptors (Lipinski definition) is 5. The Hall–Kier alpha value is -2.45. The molecule has 0 aromatic carbocycles. The van der Waals surface area contributed by atoms with Crippen molar-refractivity contribution < 1.29 is 14.7 Å². The highest BCUT2D eigenvalue weighted by Gasteiger charge is 2.37. The van der Waals surface area contributed by atoms with E-state index in [1.54, 1.807) is 25.1 Å². The van der Waals surface area contributed by atoms with Crippen molar-refractivity contribution in [2.45, 2.75) is 57.3 Å². The number of rotatable bonds is 7. The van der Waals surface area contributed by atoms with Gasteiger partial charge in [-0.05, 0) is 50.9 Å². The van der Waals surface area contributed by atoms with E-state index in [1.165, 1.54) is 0 Å². The zero-order valence-electron chi connectivity index (χ0n) is 16.6. The van der Waals surface area contributed by atoms with Crippen LogP contribution in [0.3, 0.4) is 0 Å². The molecule has 3 rings (SSSR count). The summed E-state index contributed by atoms with van der Waals surface area (Å²) < 4.78 is 0. The number of nitrogens with zero attached hydrogens (tertiary/aromatic N) is 2. The van der Waals surface area contributed by atoms with Gasteiger partial charge in [0.2, 0.25) is 11.8 Å². The van der Waals surface area contributed by atoms with Gasteiger partial charge in [-0.1, -0.05) is 6.92 Å². The molecule has 0 radical (unpaired) electrons. The fraction of sp³-hybridized carbons (Fsp3) is 0.550. The maximum absolute atomic E-state index is 13.0. The number of aromatic nitrogens is 2. The predicted molar refractivity (Wildman–Crippen MR) is 107 cm³/mol. The highest BCUT2D eigenvalue weighted by Crippen LogP contribution is 2.25. The predicted octanol–water partition coefficient (Wildman–Crippen LogP) is 0.570. The van der Waals surface area contributed by atoms with Gasteiger partial charge in [-0.3, -0.25) is 9.59 Å². The van der Waals surface area contributed by atoms with Crippen LogP contribution in [0, 0.1) is 0 Å². The molecule has 1 aliphatic heterocycles. The van der Waals surface area contributed by atoms with E-state index >= 15 is 0 Å². The summed E-state index contributed by atoms with van der Waals surface area (Å²) in [5, 5.41) is 16.9. The molecule has 8 nitrogen and oxygen atoms in total. The number of H-pyrrole nitrogens is 1. The first-order valence-corrected chi connectivity index (χ1v) is 9.81. The number of aliphatic hydroxyl groups is 1. The Bertz CT molecular complexity index is 832. The van der Waals surface area contributed by atoms with Crippen LogP contribution in [0.2, 0.25) is 0 Å². The summed E-state index contributed by atoms with van der Waals surface area (Å²) in [5.41, 5.74) is 1.88. The highest BCUT2D eigenvalue weighted by molar-refractivity contribution is 5.90. The van der Waals surface area contributed by atoms with Crippen LogP contribution in [-0.4, -0.2) is 69.6 Å². The summed E-state index contributed by atoms with van der Waals surface area (Å²) in [6.45, 7) is 3.89.